The van der Waals surface area contributed by atoms with E-state index >= 15 is 0 Å². The molecule has 1 unspecified atom stereocenters. The fourth-order valence-corrected chi connectivity index (χ4v) is 2.64. The lowest BCUT2D eigenvalue weighted by Crippen LogP contribution is -1.91. The third-order valence-electron chi connectivity index (χ3n) is 3.04. The van der Waals surface area contributed by atoms with Crippen molar-refractivity contribution >= 4 is 22.9 Å². The van der Waals surface area contributed by atoms with Crippen molar-refractivity contribution in [3.05, 3.63) is 39.9 Å². The van der Waals surface area contributed by atoms with Gasteiger partial charge in [0, 0.05) is 0 Å². The highest BCUT2D eigenvalue weighted by molar-refractivity contribution is 7.13. The SMILES string of the molecule is CCC(C)c1ccc(Oc2nc(Cl)c(CO)s2)cc1. The van der Waals surface area contributed by atoms with E-state index in [4.69, 9.17) is 21.4 Å². The largest absolute Gasteiger partial charge is 0.431 e. The maximum absolute atomic E-state index is 9.05. The lowest BCUT2D eigenvalue weighted by molar-refractivity contribution is 0.285. The van der Waals surface area contributed by atoms with E-state index in [-0.39, 0.29) is 6.61 Å². The Morgan fingerprint density at radius 1 is 1.37 bits per heavy atom. The summed E-state index contributed by atoms with van der Waals surface area (Å²) in [5.74, 6) is 1.27. The molecule has 1 atom stereocenters. The molecule has 0 aliphatic heterocycles. The van der Waals surface area contributed by atoms with Gasteiger partial charge < -0.3 is 9.84 Å². The molecule has 19 heavy (non-hydrogen) atoms. The second kappa shape index (κ2) is 6.37. The Balaban J connectivity index is 2.10. The van der Waals surface area contributed by atoms with E-state index in [0.29, 0.717) is 21.1 Å². The van der Waals surface area contributed by atoms with Gasteiger partial charge in [0.15, 0.2) is 0 Å². The van der Waals surface area contributed by atoms with Crippen LogP contribution in [0.2, 0.25) is 5.15 Å². The van der Waals surface area contributed by atoms with Gasteiger partial charge >= 0.3 is 0 Å². The molecule has 0 fully saturated rings. The van der Waals surface area contributed by atoms with E-state index in [0.717, 1.165) is 12.2 Å². The summed E-state index contributed by atoms with van der Waals surface area (Å²) in [7, 11) is 0. The quantitative estimate of drug-likeness (QED) is 0.877. The zero-order valence-electron chi connectivity index (χ0n) is 10.9. The highest BCUT2D eigenvalue weighted by Crippen LogP contribution is 2.32. The van der Waals surface area contributed by atoms with Gasteiger partial charge in [-0.15, -0.1) is 0 Å². The van der Waals surface area contributed by atoms with Gasteiger partial charge in [0.2, 0.25) is 0 Å². The lowest BCUT2D eigenvalue weighted by Gasteiger charge is -2.09. The molecule has 1 aromatic heterocycles. The molecule has 102 valence electrons. The molecule has 0 aliphatic carbocycles. The summed E-state index contributed by atoms with van der Waals surface area (Å²) >= 11 is 7.11. The molecule has 3 nitrogen and oxygen atoms in total. The molecule has 0 bridgehead atoms. The van der Waals surface area contributed by atoms with E-state index in [1.807, 2.05) is 12.1 Å². The van der Waals surface area contributed by atoms with Crippen LogP contribution in [0, 0.1) is 0 Å². The summed E-state index contributed by atoms with van der Waals surface area (Å²) in [6.07, 6.45) is 1.11. The van der Waals surface area contributed by atoms with Crippen LogP contribution in [0.25, 0.3) is 0 Å². The van der Waals surface area contributed by atoms with Crippen LogP contribution in [-0.4, -0.2) is 10.1 Å². The zero-order valence-corrected chi connectivity index (χ0v) is 12.5. The molecule has 0 amide bonds. The minimum atomic E-state index is -0.118. The molecule has 0 radical (unpaired) electrons. The second-order valence-electron chi connectivity index (χ2n) is 4.33. The van der Waals surface area contributed by atoms with Crippen LogP contribution in [0.1, 0.15) is 36.6 Å². The van der Waals surface area contributed by atoms with Crippen LogP contribution in [0.5, 0.6) is 10.9 Å². The third-order valence-corrected chi connectivity index (χ3v) is 4.38. The van der Waals surface area contributed by atoms with Gasteiger partial charge in [-0.1, -0.05) is 48.9 Å². The fourth-order valence-electron chi connectivity index (χ4n) is 1.65. The molecule has 2 aromatic rings. The number of thiazole rings is 1. The van der Waals surface area contributed by atoms with E-state index in [2.05, 4.69) is 31.0 Å². The van der Waals surface area contributed by atoms with Crippen LogP contribution in [-0.2, 0) is 6.61 Å². The molecule has 0 saturated heterocycles. The molecule has 1 heterocycles. The van der Waals surface area contributed by atoms with Crippen molar-refractivity contribution in [3.63, 3.8) is 0 Å². The predicted octanol–water partition coefficient (Wildman–Crippen LogP) is 4.59. The van der Waals surface area contributed by atoms with Gasteiger partial charge in [-0.25, -0.2) is 0 Å². The lowest BCUT2D eigenvalue weighted by atomic mass is 9.99. The van der Waals surface area contributed by atoms with Crippen molar-refractivity contribution in [2.24, 2.45) is 0 Å². The minimum Gasteiger partial charge on any atom is -0.431 e. The Morgan fingerprint density at radius 2 is 2.05 bits per heavy atom. The third kappa shape index (κ3) is 3.47. The minimum absolute atomic E-state index is 0.118. The second-order valence-corrected chi connectivity index (χ2v) is 5.74. The van der Waals surface area contributed by atoms with Crippen LogP contribution in [0.4, 0.5) is 0 Å². The zero-order chi connectivity index (χ0) is 13.8. The van der Waals surface area contributed by atoms with Gasteiger partial charge in [0.25, 0.3) is 5.19 Å². The number of rotatable bonds is 5. The van der Waals surface area contributed by atoms with Crippen LogP contribution >= 0.6 is 22.9 Å². The van der Waals surface area contributed by atoms with Crippen molar-refractivity contribution in [1.82, 2.24) is 4.98 Å². The van der Waals surface area contributed by atoms with Crippen molar-refractivity contribution in [2.75, 3.05) is 0 Å². The highest BCUT2D eigenvalue weighted by Gasteiger charge is 2.10. The topological polar surface area (TPSA) is 42.4 Å². The Kier molecular flexibility index (Phi) is 4.80. The number of aliphatic hydroxyl groups excluding tert-OH is 1. The Hall–Kier alpha value is -1.10. The molecule has 1 N–H and O–H groups in total. The van der Waals surface area contributed by atoms with Crippen LogP contribution in [0.3, 0.4) is 0 Å². The highest BCUT2D eigenvalue weighted by atomic mass is 35.5. The van der Waals surface area contributed by atoms with Crippen molar-refractivity contribution in [1.29, 1.82) is 0 Å². The number of halogens is 1. The summed E-state index contributed by atoms with van der Waals surface area (Å²) in [6.45, 7) is 4.25. The van der Waals surface area contributed by atoms with E-state index in [1.165, 1.54) is 16.9 Å². The number of benzene rings is 1. The summed E-state index contributed by atoms with van der Waals surface area (Å²) < 4.78 is 5.62. The summed E-state index contributed by atoms with van der Waals surface area (Å²) in [4.78, 5) is 4.67. The first-order valence-electron chi connectivity index (χ1n) is 6.18. The number of hydrogen-bond donors (Lipinski definition) is 1. The smallest absolute Gasteiger partial charge is 0.280 e. The standard InChI is InChI=1S/C14H16ClNO2S/c1-3-9(2)10-4-6-11(7-5-10)18-14-16-13(15)12(8-17)19-14/h4-7,9,17H,3,8H2,1-2H3. The molecule has 0 aliphatic rings. The Bertz CT molecular complexity index is 539. The number of aliphatic hydroxyl groups is 1. The number of aromatic nitrogens is 1. The van der Waals surface area contributed by atoms with E-state index in [9.17, 15) is 0 Å². The van der Waals surface area contributed by atoms with Crippen molar-refractivity contribution in [3.8, 4) is 10.9 Å². The van der Waals surface area contributed by atoms with Crippen LogP contribution in [0.15, 0.2) is 24.3 Å². The number of nitrogens with zero attached hydrogens (tertiary/aromatic N) is 1. The van der Waals surface area contributed by atoms with Gasteiger partial charge in [-0.2, -0.15) is 4.98 Å². The first-order chi connectivity index (χ1) is 9.13. The molecule has 1 aromatic carbocycles. The summed E-state index contributed by atoms with van der Waals surface area (Å²) in [5, 5.41) is 9.81. The molecule has 5 heteroatoms. The summed E-state index contributed by atoms with van der Waals surface area (Å²) in [6, 6.07) is 7.97. The molecule has 2 rings (SSSR count). The average molecular weight is 298 g/mol. The number of hydrogen-bond acceptors (Lipinski definition) is 4. The molecule has 0 spiro atoms. The summed E-state index contributed by atoms with van der Waals surface area (Å²) in [5.41, 5.74) is 1.29. The normalized spacial score (nSPS) is 12.4. The first-order valence-corrected chi connectivity index (χ1v) is 7.37. The Labute approximate surface area is 121 Å². The Morgan fingerprint density at radius 3 is 2.58 bits per heavy atom. The van der Waals surface area contributed by atoms with Crippen molar-refractivity contribution in [2.45, 2.75) is 32.8 Å². The average Bonchev–Trinajstić information content (AvgIpc) is 2.78. The molecule has 0 saturated carbocycles. The van der Waals surface area contributed by atoms with Crippen molar-refractivity contribution < 1.29 is 9.84 Å². The fraction of sp³-hybridized carbons (Fsp3) is 0.357. The first kappa shape index (κ1) is 14.3. The van der Waals surface area contributed by atoms with Crippen LogP contribution < -0.4 is 4.74 Å². The van der Waals surface area contributed by atoms with Gasteiger partial charge in [0.1, 0.15) is 10.9 Å². The maximum atomic E-state index is 9.05. The monoisotopic (exact) mass is 297 g/mol. The molecular formula is C14H16ClNO2S. The number of ether oxygens (including phenoxy) is 1. The van der Waals surface area contributed by atoms with E-state index < -0.39 is 0 Å². The molecular weight excluding hydrogens is 282 g/mol. The van der Waals surface area contributed by atoms with Gasteiger partial charge in [-0.05, 0) is 30.0 Å². The maximum Gasteiger partial charge on any atom is 0.280 e. The van der Waals surface area contributed by atoms with Gasteiger partial charge in [0.05, 0.1) is 11.5 Å². The predicted molar refractivity (Wildman–Crippen MR) is 78.3 cm³/mol. The van der Waals surface area contributed by atoms with Gasteiger partial charge in [-0.3, -0.25) is 0 Å². The van der Waals surface area contributed by atoms with E-state index in [1.54, 1.807) is 0 Å².